The van der Waals surface area contributed by atoms with E-state index in [0.29, 0.717) is 17.9 Å². The lowest BCUT2D eigenvalue weighted by atomic mass is 9.98. The number of fused-ring (bicyclic) bond motifs is 1. The van der Waals surface area contributed by atoms with Gasteiger partial charge in [-0.05, 0) is 42.2 Å². The van der Waals surface area contributed by atoms with Crippen molar-refractivity contribution < 1.29 is 18.0 Å². The molecule has 1 amide bonds. The maximum Gasteiger partial charge on any atom is 0.416 e. The van der Waals surface area contributed by atoms with Crippen molar-refractivity contribution in [3.05, 3.63) is 59.2 Å². The average molecular weight is 334 g/mol. The molecule has 1 aliphatic heterocycles. The van der Waals surface area contributed by atoms with Crippen molar-refractivity contribution >= 4 is 17.3 Å². The highest BCUT2D eigenvalue weighted by Crippen LogP contribution is 2.34. The molecule has 3 nitrogen and oxygen atoms in total. The molecule has 2 N–H and O–H groups in total. The first-order valence-corrected chi connectivity index (χ1v) is 7.71. The van der Waals surface area contributed by atoms with Gasteiger partial charge in [-0.15, -0.1) is 0 Å². The number of halogens is 3. The molecule has 0 bridgehead atoms. The number of hydrogen-bond donors (Lipinski definition) is 1. The number of carbonyl (C=O) groups is 1. The number of alkyl halides is 3. The van der Waals surface area contributed by atoms with Gasteiger partial charge in [0.15, 0.2) is 0 Å². The predicted octanol–water partition coefficient (Wildman–Crippen LogP) is 3.81. The molecule has 1 heterocycles. The van der Waals surface area contributed by atoms with Gasteiger partial charge < -0.3 is 10.6 Å². The number of carbonyl (C=O) groups excluding carboxylic acids is 1. The average Bonchev–Trinajstić information content (AvgIpc) is 2.54. The van der Waals surface area contributed by atoms with E-state index >= 15 is 0 Å². The van der Waals surface area contributed by atoms with Crippen LogP contribution in [-0.4, -0.2) is 12.5 Å². The molecular weight excluding hydrogens is 317 g/mol. The number of nitrogens with zero attached hydrogens (tertiary/aromatic N) is 1. The van der Waals surface area contributed by atoms with Crippen LogP contribution in [0.4, 0.5) is 24.5 Å². The molecule has 0 fully saturated rings. The summed E-state index contributed by atoms with van der Waals surface area (Å²) in [6, 6.07) is 10.5. The summed E-state index contributed by atoms with van der Waals surface area (Å²) in [5.74, 6) is -0.349. The highest BCUT2D eigenvalue weighted by molar-refractivity contribution is 5.96. The Labute approximate surface area is 137 Å². The molecular formula is C18H17F3N2O. The van der Waals surface area contributed by atoms with Crippen LogP contribution in [0.25, 0.3) is 0 Å². The summed E-state index contributed by atoms with van der Waals surface area (Å²) < 4.78 is 39.3. The van der Waals surface area contributed by atoms with E-state index < -0.39 is 11.7 Å². The van der Waals surface area contributed by atoms with E-state index in [-0.39, 0.29) is 17.9 Å². The smallest absolute Gasteiger partial charge is 0.398 e. The molecule has 1 aliphatic rings. The number of nitrogen functional groups attached to an aromatic ring is 1. The summed E-state index contributed by atoms with van der Waals surface area (Å²) in [5, 5.41) is 0. The standard InChI is InChI=1S/C18H17F3N2O/c19-18(20,21)14-7-2-1-5-12(14)11-17(24)23-10-4-6-13-15(22)8-3-9-16(13)23/h1-3,5,7-9H,4,6,10-11,22H2. The van der Waals surface area contributed by atoms with E-state index in [9.17, 15) is 18.0 Å². The molecule has 2 aromatic carbocycles. The van der Waals surface area contributed by atoms with E-state index in [2.05, 4.69) is 0 Å². The van der Waals surface area contributed by atoms with Gasteiger partial charge in [0.25, 0.3) is 0 Å². The zero-order chi connectivity index (χ0) is 17.3. The van der Waals surface area contributed by atoms with Crippen LogP contribution in [-0.2, 0) is 23.8 Å². The quantitative estimate of drug-likeness (QED) is 0.849. The first-order valence-electron chi connectivity index (χ1n) is 7.71. The Morgan fingerprint density at radius 3 is 2.62 bits per heavy atom. The van der Waals surface area contributed by atoms with Crippen molar-refractivity contribution in [1.82, 2.24) is 0 Å². The second-order valence-electron chi connectivity index (χ2n) is 5.83. The maximum absolute atomic E-state index is 13.1. The molecule has 0 aliphatic carbocycles. The largest absolute Gasteiger partial charge is 0.416 e. The Morgan fingerprint density at radius 1 is 1.12 bits per heavy atom. The topological polar surface area (TPSA) is 46.3 Å². The zero-order valence-corrected chi connectivity index (χ0v) is 12.9. The predicted molar refractivity (Wildman–Crippen MR) is 86.7 cm³/mol. The van der Waals surface area contributed by atoms with Gasteiger partial charge in [0, 0.05) is 17.9 Å². The molecule has 0 spiro atoms. The van der Waals surface area contributed by atoms with Gasteiger partial charge in [-0.25, -0.2) is 0 Å². The lowest BCUT2D eigenvalue weighted by Gasteiger charge is -2.30. The molecule has 0 saturated heterocycles. The number of amides is 1. The van der Waals surface area contributed by atoms with Crippen molar-refractivity contribution in [2.24, 2.45) is 0 Å². The molecule has 0 aromatic heterocycles. The summed E-state index contributed by atoms with van der Waals surface area (Å²) in [6.45, 7) is 0.490. The minimum Gasteiger partial charge on any atom is -0.398 e. The molecule has 0 unspecified atom stereocenters. The Hall–Kier alpha value is -2.50. The van der Waals surface area contributed by atoms with E-state index in [1.165, 1.54) is 18.2 Å². The van der Waals surface area contributed by atoms with Crippen LogP contribution >= 0.6 is 0 Å². The van der Waals surface area contributed by atoms with E-state index in [0.717, 1.165) is 24.5 Å². The normalized spacial score (nSPS) is 14.4. The lowest BCUT2D eigenvalue weighted by Crippen LogP contribution is -2.37. The SMILES string of the molecule is Nc1cccc2c1CCCN2C(=O)Cc1ccccc1C(F)(F)F. The third kappa shape index (κ3) is 3.09. The van der Waals surface area contributed by atoms with Crippen molar-refractivity contribution in [3.8, 4) is 0 Å². The highest BCUT2D eigenvalue weighted by atomic mass is 19.4. The minimum atomic E-state index is -4.47. The first-order chi connectivity index (χ1) is 11.4. The third-order valence-corrected chi connectivity index (χ3v) is 4.25. The molecule has 0 saturated carbocycles. The number of benzene rings is 2. The van der Waals surface area contributed by atoms with Crippen LogP contribution < -0.4 is 10.6 Å². The number of nitrogens with two attached hydrogens (primary N) is 1. The second kappa shape index (κ2) is 6.19. The van der Waals surface area contributed by atoms with Gasteiger partial charge >= 0.3 is 6.18 Å². The monoisotopic (exact) mass is 334 g/mol. The fourth-order valence-corrected chi connectivity index (χ4v) is 3.12. The molecule has 24 heavy (non-hydrogen) atoms. The van der Waals surface area contributed by atoms with Crippen LogP contribution in [0.3, 0.4) is 0 Å². The van der Waals surface area contributed by atoms with Crippen LogP contribution in [0, 0.1) is 0 Å². The summed E-state index contributed by atoms with van der Waals surface area (Å²) in [6.07, 6.45) is -3.25. The number of anilines is 2. The zero-order valence-electron chi connectivity index (χ0n) is 12.9. The molecule has 6 heteroatoms. The third-order valence-electron chi connectivity index (χ3n) is 4.25. The van der Waals surface area contributed by atoms with Crippen molar-refractivity contribution in [3.63, 3.8) is 0 Å². The van der Waals surface area contributed by atoms with Crippen molar-refractivity contribution in [2.75, 3.05) is 17.2 Å². The number of hydrogen-bond acceptors (Lipinski definition) is 2. The first kappa shape index (κ1) is 16.4. The molecule has 0 radical (unpaired) electrons. The molecule has 3 rings (SSSR count). The van der Waals surface area contributed by atoms with Crippen LogP contribution in [0.1, 0.15) is 23.1 Å². The Kier molecular flexibility index (Phi) is 4.22. The Balaban J connectivity index is 1.90. The van der Waals surface area contributed by atoms with Crippen LogP contribution in [0.5, 0.6) is 0 Å². The van der Waals surface area contributed by atoms with Gasteiger partial charge in [-0.1, -0.05) is 24.3 Å². The molecule has 126 valence electrons. The van der Waals surface area contributed by atoms with E-state index in [4.69, 9.17) is 5.73 Å². The molecule has 2 aromatic rings. The Bertz CT molecular complexity index is 771. The van der Waals surface area contributed by atoms with E-state index in [1.807, 2.05) is 0 Å². The summed E-state index contributed by atoms with van der Waals surface area (Å²) in [5.41, 5.74) is 7.39. The van der Waals surface area contributed by atoms with Crippen LogP contribution in [0.2, 0.25) is 0 Å². The van der Waals surface area contributed by atoms with Gasteiger partial charge in [-0.3, -0.25) is 4.79 Å². The molecule has 0 atom stereocenters. The summed E-state index contributed by atoms with van der Waals surface area (Å²) in [7, 11) is 0. The fraction of sp³-hybridized carbons (Fsp3) is 0.278. The summed E-state index contributed by atoms with van der Waals surface area (Å²) >= 11 is 0. The lowest BCUT2D eigenvalue weighted by molar-refractivity contribution is -0.138. The van der Waals surface area contributed by atoms with Gasteiger partial charge in [0.1, 0.15) is 0 Å². The van der Waals surface area contributed by atoms with Gasteiger partial charge in [0.05, 0.1) is 12.0 Å². The summed E-state index contributed by atoms with van der Waals surface area (Å²) in [4.78, 5) is 14.2. The second-order valence-corrected chi connectivity index (χ2v) is 5.83. The van der Waals surface area contributed by atoms with Gasteiger partial charge in [0.2, 0.25) is 5.91 Å². The highest BCUT2D eigenvalue weighted by Gasteiger charge is 2.34. The fourth-order valence-electron chi connectivity index (χ4n) is 3.12. The van der Waals surface area contributed by atoms with Crippen LogP contribution in [0.15, 0.2) is 42.5 Å². The minimum absolute atomic E-state index is 0.00831. The van der Waals surface area contributed by atoms with Crippen molar-refractivity contribution in [1.29, 1.82) is 0 Å². The van der Waals surface area contributed by atoms with Crippen molar-refractivity contribution in [2.45, 2.75) is 25.4 Å². The maximum atomic E-state index is 13.1. The number of rotatable bonds is 2. The van der Waals surface area contributed by atoms with E-state index in [1.54, 1.807) is 23.1 Å². The van der Waals surface area contributed by atoms with Gasteiger partial charge in [-0.2, -0.15) is 13.2 Å². The Morgan fingerprint density at radius 2 is 1.88 bits per heavy atom.